The topological polar surface area (TPSA) is 61.4 Å². The first-order valence-electron chi connectivity index (χ1n) is 10.5. The van der Waals surface area contributed by atoms with Crippen LogP contribution in [0.2, 0.25) is 0 Å². The summed E-state index contributed by atoms with van der Waals surface area (Å²) < 4.78 is 13.9. The van der Waals surface area contributed by atoms with Crippen LogP contribution >= 0.6 is 11.8 Å². The van der Waals surface area contributed by atoms with Crippen LogP contribution in [0.3, 0.4) is 0 Å². The molecule has 6 nitrogen and oxygen atoms in total. The van der Waals surface area contributed by atoms with Gasteiger partial charge in [0, 0.05) is 38.9 Å². The molecule has 0 radical (unpaired) electrons. The van der Waals surface area contributed by atoms with E-state index >= 15 is 0 Å². The average molecular weight is 432 g/mol. The Labute approximate surface area is 182 Å². The Morgan fingerprint density at radius 1 is 1.23 bits per heavy atom. The summed E-state index contributed by atoms with van der Waals surface area (Å²) >= 11 is 1.48. The van der Waals surface area contributed by atoms with Crippen molar-refractivity contribution in [3.8, 4) is 0 Å². The SMILES string of the molecule is CCCc1nc(SC)ncc1C(=O)NCCCN1CCN(c2ccccc2F)CC1. The molecule has 3 rings (SSSR count). The number of hydrogen-bond acceptors (Lipinski definition) is 6. The summed E-state index contributed by atoms with van der Waals surface area (Å²) in [7, 11) is 0. The van der Waals surface area contributed by atoms with Crippen molar-refractivity contribution in [1.29, 1.82) is 0 Å². The maximum absolute atomic E-state index is 13.9. The first-order chi connectivity index (χ1) is 14.6. The van der Waals surface area contributed by atoms with Crippen LogP contribution in [0.5, 0.6) is 0 Å². The van der Waals surface area contributed by atoms with Crippen molar-refractivity contribution < 1.29 is 9.18 Å². The lowest BCUT2D eigenvalue weighted by atomic mass is 10.1. The molecule has 162 valence electrons. The zero-order chi connectivity index (χ0) is 21.3. The standard InChI is InChI=1S/C22H30FN5OS/c1-3-7-19-17(16-25-22(26-19)30-2)21(29)24-10-6-11-27-12-14-28(15-13-27)20-9-5-4-8-18(20)23/h4-5,8-9,16H,3,6-7,10-15H2,1-2H3,(H,24,29). The molecule has 0 unspecified atom stereocenters. The Kier molecular flexibility index (Phi) is 8.45. The second-order valence-corrected chi connectivity index (χ2v) is 8.13. The second-order valence-electron chi connectivity index (χ2n) is 7.36. The predicted octanol–water partition coefficient (Wildman–Crippen LogP) is 3.23. The first kappa shape index (κ1) is 22.5. The van der Waals surface area contributed by atoms with Crippen molar-refractivity contribution in [2.45, 2.75) is 31.3 Å². The Morgan fingerprint density at radius 3 is 2.70 bits per heavy atom. The van der Waals surface area contributed by atoms with Crippen LogP contribution in [0.15, 0.2) is 35.6 Å². The van der Waals surface area contributed by atoms with Gasteiger partial charge in [-0.15, -0.1) is 0 Å². The summed E-state index contributed by atoms with van der Waals surface area (Å²) in [5, 5.41) is 3.70. The van der Waals surface area contributed by atoms with Gasteiger partial charge in [0.05, 0.1) is 16.9 Å². The molecule has 1 N–H and O–H groups in total. The highest BCUT2D eigenvalue weighted by molar-refractivity contribution is 7.98. The molecule has 1 aromatic carbocycles. The van der Waals surface area contributed by atoms with Gasteiger partial charge >= 0.3 is 0 Å². The lowest BCUT2D eigenvalue weighted by Crippen LogP contribution is -2.47. The molecular weight excluding hydrogens is 401 g/mol. The number of hydrogen-bond donors (Lipinski definition) is 1. The normalized spacial score (nSPS) is 14.7. The smallest absolute Gasteiger partial charge is 0.254 e. The number of carbonyl (C=O) groups excluding carboxylic acids is 1. The molecule has 0 bridgehead atoms. The van der Waals surface area contributed by atoms with Gasteiger partial charge in [-0.2, -0.15) is 0 Å². The molecule has 0 aliphatic carbocycles. The minimum Gasteiger partial charge on any atom is -0.367 e. The number of thioether (sulfide) groups is 1. The summed E-state index contributed by atoms with van der Waals surface area (Å²) in [5.41, 5.74) is 2.08. The van der Waals surface area contributed by atoms with Gasteiger partial charge in [0.15, 0.2) is 5.16 Å². The first-order valence-corrected chi connectivity index (χ1v) is 11.7. The number of carbonyl (C=O) groups is 1. The molecule has 30 heavy (non-hydrogen) atoms. The molecular formula is C22H30FN5OS. The van der Waals surface area contributed by atoms with Gasteiger partial charge in [0.25, 0.3) is 5.91 Å². The van der Waals surface area contributed by atoms with Gasteiger partial charge in [0.1, 0.15) is 5.82 Å². The van der Waals surface area contributed by atoms with E-state index in [1.165, 1.54) is 17.8 Å². The van der Waals surface area contributed by atoms with Gasteiger partial charge in [-0.3, -0.25) is 9.69 Å². The van der Waals surface area contributed by atoms with Crippen molar-refractivity contribution in [1.82, 2.24) is 20.2 Å². The molecule has 1 aliphatic heterocycles. The monoisotopic (exact) mass is 431 g/mol. The third-order valence-electron chi connectivity index (χ3n) is 5.26. The highest BCUT2D eigenvalue weighted by Crippen LogP contribution is 2.20. The van der Waals surface area contributed by atoms with Crippen LogP contribution < -0.4 is 10.2 Å². The fraction of sp³-hybridized carbons (Fsp3) is 0.500. The largest absolute Gasteiger partial charge is 0.367 e. The van der Waals surface area contributed by atoms with Crippen molar-refractivity contribution in [2.24, 2.45) is 0 Å². The average Bonchev–Trinajstić information content (AvgIpc) is 2.77. The fourth-order valence-electron chi connectivity index (χ4n) is 3.63. The lowest BCUT2D eigenvalue weighted by Gasteiger charge is -2.36. The molecule has 0 saturated carbocycles. The van der Waals surface area contributed by atoms with Gasteiger partial charge in [0.2, 0.25) is 0 Å². The summed E-state index contributed by atoms with van der Waals surface area (Å²) in [5.74, 6) is -0.263. The molecule has 2 aromatic rings. The van der Waals surface area contributed by atoms with Crippen molar-refractivity contribution in [3.05, 3.63) is 47.5 Å². The molecule has 0 spiro atoms. The zero-order valence-electron chi connectivity index (χ0n) is 17.7. The van der Waals surface area contributed by atoms with Gasteiger partial charge in [-0.25, -0.2) is 14.4 Å². The minimum atomic E-state index is -0.161. The van der Waals surface area contributed by atoms with Gasteiger partial charge in [-0.05, 0) is 37.8 Å². The van der Waals surface area contributed by atoms with Crippen LogP contribution in [-0.2, 0) is 6.42 Å². The van der Waals surface area contributed by atoms with E-state index in [0.717, 1.165) is 57.7 Å². The van der Waals surface area contributed by atoms with Crippen molar-refractivity contribution >= 4 is 23.4 Å². The number of nitrogens with one attached hydrogen (secondary N) is 1. The molecule has 1 aliphatic rings. The summed E-state index contributed by atoms with van der Waals surface area (Å²) in [6.45, 7) is 7.02. The molecule has 0 atom stereocenters. The fourth-order valence-corrected chi connectivity index (χ4v) is 3.99. The van der Waals surface area contributed by atoms with Crippen LogP contribution in [-0.4, -0.2) is 66.3 Å². The number of aryl methyl sites for hydroxylation is 1. The van der Waals surface area contributed by atoms with E-state index in [1.54, 1.807) is 12.3 Å². The number of anilines is 1. The third kappa shape index (κ3) is 5.92. The summed E-state index contributed by atoms with van der Waals surface area (Å²) in [4.78, 5) is 25.8. The van der Waals surface area contributed by atoms with Crippen LogP contribution in [0.1, 0.15) is 35.8 Å². The Bertz CT molecular complexity index is 842. The second kappa shape index (κ2) is 11.3. The zero-order valence-corrected chi connectivity index (χ0v) is 18.6. The Balaban J connectivity index is 1.41. The van der Waals surface area contributed by atoms with E-state index in [-0.39, 0.29) is 11.7 Å². The number of rotatable bonds is 9. The molecule has 2 heterocycles. The van der Waals surface area contributed by atoms with Gasteiger partial charge in [-0.1, -0.05) is 37.2 Å². The molecule has 1 saturated heterocycles. The number of para-hydroxylation sites is 1. The molecule has 8 heteroatoms. The van der Waals surface area contributed by atoms with Gasteiger partial charge < -0.3 is 10.2 Å². The van der Waals surface area contributed by atoms with Crippen LogP contribution in [0.25, 0.3) is 0 Å². The Morgan fingerprint density at radius 2 is 2.00 bits per heavy atom. The molecule has 1 amide bonds. The lowest BCUT2D eigenvalue weighted by molar-refractivity contribution is 0.0949. The third-order valence-corrected chi connectivity index (χ3v) is 5.82. The molecule has 1 aromatic heterocycles. The number of aromatic nitrogens is 2. The number of piperazine rings is 1. The number of benzene rings is 1. The van der Waals surface area contributed by atoms with E-state index in [0.29, 0.717) is 23.0 Å². The molecule has 1 fully saturated rings. The van der Waals surface area contributed by atoms with E-state index in [2.05, 4.69) is 32.0 Å². The number of nitrogens with zero attached hydrogens (tertiary/aromatic N) is 4. The maximum Gasteiger partial charge on any atom is 0.254 e. The van der Waals surface area contributed by atoms with E-state index in [9.17, 15) is 9.18 Å². The predicted molar refractivity (Wildman–Crippen MR) is 120 cm³/mol. The highest BCUT2D eigenvalue weighted by atomic mass is 32.2. The minimum absolute atomic E-state index is 0.101. The van der Waals surface area contributed by atoms with E-state index < -0.39 is 0 Å². The van der Waals surface area contributed by atoms with Crippen molar-refractivity contribution in [2.75, 3.05) is 50.4 Å². The Hall–Kier alpha value is -2.19. The van der Waals surface area contributed by atoms with E-state index in [4.69, 9.17) is 0 Å². The van der Waals surface area contributed by atoms with Crippen LogP contribution in [0, 0.1) is 5.82 Å². The summed E-state index contributed by atoms with van der Waals surface area (Å²) in [6.07, 6.45) is 6.15. The van der Waals surface area contributed by atoms with Crippen molar-refractivity contribution in [3.63, 3.8) is 0 Å². The summed E-state index contributed by atoms with van der Waals surface area (Å²) in [6, 6.07) is 6.94. The number of halogens is 1. The number of amides is 1. The maximum atomic E-state index is 13.9. The quantitative estimate of drug-likeness (QED) is 0.374. The highest BCUT2D eigenvalue weighted by Gasteiger charge is 2.19. The van der Waals surface area contributed by atoms with E-state index in [1.807, 2.05) is 18.4 Å². The van der Waals surface area contributed by atoms with Crippen LogP contribution in [0.4, 0.5) is 10.1 Å².